The monoisotopic (exact) mass is 254 g/mol. The third-order valence-electron chi connectivity index (χ3n) is 1.74. The lowest BCUT2D eigenvalue weighted by Gasteiger charge is -1.94. The fourth-order valence-electron chi connectivity index (χ4n) is 1.06. The highest BCUT2D eigenvalue weighted by atomic mass is 32.2. The molecule has 90 valence electrons. The number of nitrogens with zero attached hydrogens (tertiary/aromatic N) is 2. The molecule has 0 spiro atoms. The first-order valence-corrected chi connectivity index (χ1v) is 5.73. The van der Waals surface area contributed by atoms with Crippen LogP contribution in [0.3, 0.4) is 0 Å². The van der Waals surface area contributed by atoms with Crippen molar-refractivity contribution in [2.24, 2.45) is 0 Å². The van der Waals surface area contributed by atoms with E-state index in [1.165, 1.54) is 12.5 Å². The van der Waals surface area contributed by atoms with E-state index in [1.807, 2.05) is 6.92 Å². The highest BCUT2D eigenvalue weighted by molar-refractivity contribution is 7.98. The van der Waals surface area contributed by atoms with E-state index >= 15 is 0 Å². The van der Waals surface area contributed by atoms with E-state index in [4.69, 9.17) is 13.6 Å². The van der Waals surface area contributed by atoms with Gasteiger partial charge in [-0.3, -0.25) is 0 Å². The molecule has 0 radical (unpaired) electrons. The van der Waals surface area contributed by atoms with Gasteiger partial charge in [0, 0.05) is 11.8 Å². The van der Waals surface area contributed by atoms with E-state index in [0.29, 0.717) is 11.8 Å². The molecular weight excluding hydrogens is 244 g/mol. The molecular formula is C10H10N2O4S. The standard InChI is InChI=1S/C10H10N2O4S/c1-3-14-8(13)7-5-16-10(12-7)17-9-11-6(2)4-15-9/h4-5H,3H2,1-2H3. The molecule has 0 aliphatic heterocycles. The number of aryl methyl sites for hydroxylation is 1. The number of oxazole rings is 2. The number of ether oxygens (including phenoxy) is 1. The SMILES string of the molecule is CCOC(=O)c1coc(Sc2nc(C)co2)n1. The first kappa shape index (κ1) is 11.7. The number of rotatable bonds is 4. The predicted octanol–water partition coefficient (Wildman–Crippen LogP) is 2.30. The molecule has 0 saturated carbocycles. The molecule has 0 unspecified atom stereocenters. The minimum atomic E-state index is -0.508. The van der Waals surface area contributed by atoms with Gasteiger partial charge in [0.1, 0.15) is 12.5 Å². The largest absolute Gasteiger partial charge is 0.461 e. The lowest BCUT2D eigenvalue weighted by Crippen LogP contribution is -2.04. The molecule has 2 aromatic rings. The van der Waals surface area contributed by atoms with Gasteiger partial charge < -0.3 is 13.6 Å². The van der Waals surface area contributed by atoms with Gasteiger partial charge in [-0.25, -0.2) is 9.78 Å². The molecule has 2 heterocycles. The molecule has 0 N–H and O–H groups in total. The summed E-state index contributed by atoms with van der Waals surface area (Å²) in [6, 6.07) is 0. The molecule has 2 rings (SSSR count). The van der Waals surface area contributed by atoms with Crippen LogP contribution in [0.15, 0.2) is 31.8 Å². The molecule has 0 fully saturated rings. The zero-order chi connectivity index (χ0) is 12.3. The number of carbonyl (C=O) groups excluding carboxylic acids is 1. The number of carbonyl (C=O) groups is 1. The molecule has 17 heavy (non-hydrogen) atoms. The summed E-state index contributed by atoms with van der Waals surface area (Å²) in [5.74, 6) is -0.508. The summed E-state index contributed by atoms with van der Waals surface area (Å²) < 4.78 is 15.0. The van der Waals surface area contributed by atoms with Crippen LogP contribution in [-0.4, -0.2) is 22.5 Å². The zero-order valence-corrected chi connectivity index (χ0v) is 10.1. The van der Waals surface area contributed by atoms with E-state index in [0.717, 1.165) is 17.5 Å². The smallest absolute Gasteiger partial charge is 0.360 e. The van der Waals surface area contributed by atoms with E-state index in [9.17, 15) is 4.79 Å². The van der Waals surface area contributed by atoms with Crippen LogP contribution in [0.25, 0.3) is 0 Å². The highest BCUT2D eigenvalue weighted by Gasteiger charge is 2.15. The topological polar surface area (TPSA) is 78.4 Å². The zero-order valence-electron chi connectivity index (χ0n) is 9.30. The lowest BCUT2D eigenvalue weighted by molar-refractivity contribution is 0.0519. The second-order valence-corrected chi connectivity index (χ2v) is 3.98. The van der Waals surface area contributed by atoms with Crippen LogP contribution < -0.4 is 0 Å². The van der Waals surface area contributed by atoms with Gasteiger partial charge in [-0.1, -0.05) is 0 Å². The minimum absolute atomic E-state index is 0.137. The van der Waals surface area contributed by atoms with Crippen LogP contribution in [0.2, 0.25) is 0 Å². The molecule has 0 bridgehead atoms. The van der Waals surface area contributed by atoms with Crippen molar-refractivity contribution in [3.05, 3.63) is 23.9 Å². The Bertz CT molecular complexity index is 520. The number of esters is 1. The second-order valence-electron chi connectivity index (χ2n) is 3.08. The van der Waals surface area contributed by atoms with Gasteiger partial charge in [0.25, 0.3) is 10.4 Å². The Morgan fingerprint density at radius 2 is 2.06 bits per heavy atom. The summed E-state index contributed by atoms with van der Waals surface area (Å²) in [6.07, 6.45) is 2.77. The molecule has 0 amide bonds. The Balaban J connectivity index is 2.06. The van der Waals surface area contributed by atoms with E-state index in [-0.39, 0.29) is 10.9 Å². The van der Waals surface area contributed by atoms with Crippen LogP contribution >= 0.6 is 11.8 Å². The molecule has 0 atom stereocenters. The molecule has 0 aliphatic carbocycles. The second kappa shape index (κ2) is 5.05. The number of aromatic nitrogens is 2. The third kappa shape index (κ3) is 2.88. The van der Waals surface area contributed by atoms with Gasteiger partial charge in [-0.15, -0.1) is 0 Å². The summed E-state index contributed by atoms with van der Waals surface area (Å²) in [4.78, 5) is 19.4. The van der Waals surface area contributed by atoms with Crippen molar-refractivity contribution in [2.75, 3.05) is 6.61 Å². The Hall–Kier alpha value is -1.76. The maximum atomic E-state index is 11.3. The van der Waals surface area contributed by atoms with Gasteiger partial charge in [0.05, 0.1) is 12.3 Å². The molecule has 2 aromatic heterocycles. The van der Waals surface area contributed by atoms with Crippen LogP contribution in [0, 0.1) is 6.92 Å². The summed E-state index contributed by atoms with van der Waals surface area (Å²) in [5.41, 5.74) is 0.905. The minimum Gasteiger partial charge on any atom is -0.461 e. The maximum Gasteiger partial charge on any atom is 0.360 e. The van der Waals surface area contributed by atoms with Gasteiger partial charge in [-0.2, -0.15) is 4.98 Å². The normalized spacial score (nSPS) is 10.5. The molecule has 0 saturated heterocycles. The van der Waals surface area contributed by atoms with Crippen molar-refractivity contribution >= 4 is 17.7 Å². The van der Waals surface area contributed by atoms with Crippen LogP contribution in [0.5, 0.6) is 0 Å². The summed E-state index contributed by atoms with van der Waals surface area (Å²) in [5, 5.41) is 0.703. The third-order valence-corrected chi connectivity index (χ3v) is 2.46. The van der Waals surface area contributed by atoms with Gasteiger partial charge in [0.2, 0.25) is 0 Å². The Labute approximate surface area is 101 Å². The molecule has 0 aromatic carbocycles. The fraction of sp³-hybridized carbons (Fsp3) is 0.300. The maximum absolute atomic E-state index is 11.3. The van der Waals surface area contributed by atoms with Crippen molar-refractivity contribution in [2.45, 2.75) is 24.3 Å². The summed E-state index contributed by atoms with van der Waals surface area (Å²) in [7, 11) is 0. The number of hydrogen-bond donors (Lipinski definition) is 0. The van der Waals surface area contributed by atoms with Crippen molar-refractivity contribution in [1.29, 1.82) is 0 Å². The average Bonchev–Trinajstić information content (AvgIpc) is 2.89. The van der Waals surface area contributed by atoms with Crippen molar-refractivity contribution in [3.63, 3.8) is 0 Å². The van der Waals surface area contributed by atoms with Crippen molar-refractivity contribution in [3.8, 4) is 0 Å². The molecule has 7 heteroatoms. The summed E-state index contributed by atoms with van der Waals surface area (Å²) >= 11 is 1.10. The predicted molar refractivity (Wildman–Crippen MR) is 57.8 cm³/mol. The molecule has 6 nitrogen and oxygen atoms in total. The summed E-state index contributed by atoms with van der Waals surface area (Å²) in [6.45, 7) is 3.84. The van der Waals surface area contributed by atoms with E-state index in [1.54, 1.807) is 6.92 Å². The first-order chi connectivity index (χ1) is 8.19. The Kier molecular flexibility index (Phi) is 3.48. The fourth-order valence-corrected chi connectivity index (χ4v) is 1.73. The highest BCUT2D eigenvalue weighted by Crippen LogP contribution is 2.26. The van der Waals surface area contributed by atoms with E-state index < -0.39 is 5.97 Å². The average molecular weight is 254 g/mol. The molecule has 0 aliphatic rings. The number of hydrogen-bond acceptors (Lipinski definition) is 7. The van der Waals surface area contributed by atoms with Gasteiger partial charge in [-0.05, 0) is 13.8 Å². The van der Waals surface area contributed by atoms with Crippen LogP contribution in [-0.2, 0) is 4.74 Å². The first-order valence-electron chi connectivity index (χ1n) is 4.91. The van der Waals surface area contributed by atoms with Crippen molar-refractivity contribution in [1.82, 2.24) is 9.97 Å². The van der Waals surface area contributed by atoms with Crippen LogP contribution in [0.1, 0.15) is 23.1 Å². The quantitative estimate of drug-likeness (QED) is 0.774. The van der Waals surface area contributed by atoms with E-state index in [2.05, 4.69) is 9.97 Å². The van der Waals surface area contributed by atoms with Crippen molar-refractivity contribution < 1.29 is 18.4 Å². The van der Waals surface area contributed by atoms with Crippen LogP contribution in [0.4, 0.5) is 0 Å². The lowest BCUT2D eigenvalue weighted by atomic mass is 10.5. The Morgan fingerprint density at radius 1 is 1.35 bits per heavy atom. The van der Waals surface area contributed by atoms with Gasteiger partial charge in [0.15, 0.2) is 5.69 Å². The Morgan fingerprint density at radius 3 is 2.71 bits per heavy atom. The van der Waals surface area contributed by atoms with Gasteiger partial charge >= 0.3 is 5.97 Å².